The van der Waals surface area contributed by atoms with Gasteiger partial charge in [-0.25, -0.2) is 0 Å². The first-order valence-electron chi connectivity index (χ1n) is 15.3. The van der Waals surface area contributed by atoms with Crippen LogP contribution in [0.3, 0.4) is 0 Å². The van der Waals surface area contributed by atoms with Crippen LogP contribution in [0.4, 0.5) is 0 Å². The first-order chi connectivity index (χ1) is 18.8. The van der Waals surface area contributed by atoms with Gasteiger partial charge in [-0.2, -0.15) is 0 Å². The third-order valence-corrected chi connectivity index (χ3v) is 7.95. The van der Waals surface area contributed by atoms with Crippen LogP contribution in [0.15, 0.2) is 24.3 Å². The normalized spacial score (nSPS) is 21.1. The van der Waals surface area contributed by atoms with Crippen molar-refractivity contribution >= 4 is 18.2 Å². The molecule has 1 aromatic carbocycles. The van der Waals surface area contributed by atoms with E-state index in [1.807, 2.05) is 37.7 Å². The van der Waals surface area contributed by atoms with E-state index in [0.29, 0.717) is 24.4 Å². The number of hydrogen-bond acceptors (Lipinski definition) is 4. The van der Waals surface area contributed by atoms with Crippen molar-refractivity contribution < 1.29 is 14.4 Å². The summed E-state index contributed by atoms with van der Waals surface area (Å²) in [5, 5.41) is 3.08. The SMILES string of the molecule is CC.CCC1CC(C)N(C(=O)C(NC(=O)CN(C)C)C2CCCCC2)C1.NC=O.c1ccc2c(c1)CCCC2. The van der Waals surface area contributed by atoms with Gasteiger partial charge < -0.3 is 20.9 Å². The van der Waals surface area contributed by atoms with Crippen LogP contribution >= 0.6 is 0 Å². The molecular weight excluding hydrogens is 488 g/mol. The van der Waals surface area contributed by atoms with Crippen LogP contribution in [-0.2, 0) is 27.2 Å². The molecule has 1 aromatic rings. The molecule has 1 saturated heterocycles. The van der Waals surface area contributed by atoms with Gasteiger partial charge in [-0.3, -0.25) is 14.4 Å². The van der Waals surface area contributed by atoms with Crippen LogP contribution < -0.4 is 11.1 Å². The van der Waals surface area contributed by atoms with Crippen LogP contribution in [-0.4, -0.2) is 67.3 Å². The van der Waals surface area contributed by atoms with E-state index < -0.39 is 0 Å². The zero-order valence-electron chi connectivity index (χ0n) is 25.6. The lowest BCUT2D eigenvalue weighted by Gasteiger charge is -2.34. The van der Waals surface area contributed by atoms with Crippen molar-refractivity contribution in [2.45, 2.75) is 110 Å². The summed E-state index contributed by atoms with van der Waals surface area (Å²) in [6.07, 6.45) is 13.5. The summed E-state index contributed by atoms with van der Waals surface area (Å²) >= 11 is 0. The monoisotopic (exact) mass is 544 g/mol. The minimum atomic E-state index is -0.337. The molecule has 0 aromatic heterocycles. The molecule has 7 nitrogen and oxygen atoms in total. The fourth-order valence-corrected chi connectivity index (χ4v) is 5.96. The minimum Gasteiger partial charge on any atom is -0.372 e. The number of hydrogen-bond donors (Lipinski definition) is 2. The van der Waals surface area contributed by atoms with Gasteiger partial charge in [0.2, 0.25) is 18.2 Å². The molecule has 2 fully saturated rings. The van der Waals surface area contributed by atoms with Crippen molar-refractivity contribution in [3.05, 3.63) is 35.4 Å². The summed E-state index contributed by atoms with van der Waals surface area (Å²) in [6, 6.07) is 8.76. The summed E-state index contributed by atoms with van der Waals surface area (Å²) in [5.41, 5.74) is 7.32. The number of fused-ring (bicyclic) bond motifs is 1. The van der Waals surface area contributed by atoms with Crippen molar-refractivity contribution in [1.82, 2.24) is 15.1 Å². The summed E-state index contributed by atoms with van der Waals surface area (Å²) in [6.45, 7) is 9.53. The van der Waals surface area contributed by atoms with Gasteiger partial charge in [0.05, 0.1) is 6.54 Å². The van der Waals surface area contributed by atoms with E-state index in [-0.39, 0.29) is 24.3 Å². The highest BCUT2D eigenvalue weighted by atomic mass is 16.2. The molecule has 1 saturated carbocycles. The quantitative estimate of drug-likeness (QED) is 0.495. The zero-order chi connectivity index (χ0) is 29.2. The van der Waals surface area contributed by atoms with Gasteiger partial charge >= 0.3 is 0 Å². The summed E-state index contributed by atoms with van der Waals surface area (Å²) < 4.78 is 0. The van der Waals surface area contributed by atoms with Crippen LogP contribution in [0.5, 0.6) is 0 Å². The van der Waals surface area contributed by atoms with Crippen molar-refractivity contribution in [1.29, 1.82) is 0 Å². The number of nitrogens with two attached hydrogens (primary N) is 1. The number of rotatable bonds is 6. The topological polar surface area (TPSA) is 95.7 Å². The summed E-state index contributed by atoms with van der Waals surface area (Å²) in [7, 11) is 3.76. The third-order valence-electron chi connectivity index (χ3n) is 7.95. The number of aryl methyl sites for hydroxylation is 2. The highest BCUT2D eigenvalue weighted by molar-refractivity contribution is 5.89. The maximum absolute atomic E-state index is 13.2. The Morgan fingerprint density at radius 1 is 1.05 bits per heavy atom. The van der Waals surface area contributed by atoms with Gasteiger partial charge in [-0.1, -0.05) is 70.7 Å². The molecule has 2 aliphatic carbocycles. The number of nitrogens with one attached hydrogen (secondary N) is 1. The fourth-order valence-electron chi connectivity index (χ4n) is 5.96. The molecule has 1 heterocycles. The van der Waals surface area contributed by atoms with E-state index >= 15 is 0 Å². The molecule has 3 amide bonds. The van der Waals surface area contributed by atoms with Gasteiger partial charge in [0.1, 0.15) is 6.04 Å². The average molecular weight is 545 g/mol. The Hall–Kier alpha value is -2.41. The standard InChI is InChI=1S/C19H35N3O2.C10H12.C2H6.CH3NO/c1-5-15-11-14(2)22(12-15)19(24)18(16-9-7-6-8-10-16)20-17(23)13-21(3)4;1-2-6-10-8-4-3-7-9(10)5-1;1-2;2-1-3/h14-16,18H,5-13H2,1-4H3,(H,20,23);1-2,5-6H,3-4,7-8H2;1-2H3;1H,(H2,2,3). The Morgan fingerprint density at radius 3 is 2.05 bits per heavy atom. The van der Waals surface area contributed by atoms with Crippen LogP contribution in [0, 0.1) is 11.8 Å². The molecule has 0 bridgehead atoms. The molecule has 3 atom stereocenters. The smallest absolute Gasteiger partial charge is 0.245 e. The number of nitrogens with zero attached hydrogens (tertiary/aromatic N) is 2. The molecule has 1 aliphatic heterocycles. The number of amides is 3. The Labute approximate surface area is 238 Å². The number of likely N-dealkylation sites (tertiary alicyclic amines) is 1. The Bertz CT molecular complexity index is 813. The van der Waals surface area contributed by atoms with E-state index in [1.54, 1.807) is 11.1 Å². The van der Waals surface area contributed by atoms with Gasteiger partial charge in [0.25, 0.3) is 0 Å². The molecular formula is C32H56N4O3. The van der Waals surface area contributed by atoms with E-state index in [1.165, 1.54) is 44.9 Å². The average Bonchev–Trinajstić information content (AvgIpc) is 3.34. The van der Waals surface area contributed by atoms with Crippen molar-refractivity contribution in [3.8, 4) is 0 Å². The highest BCUT2D eigenvalue weighted by Crippen LogP contribution is 2.31. The Balaban J connectivity index is 0.000000415. The molecule has 7 heteroatoms. The maximum atomic E-state index is 13.2. The summed E-state index contributed by atoms with van der Waals surface area (Å²) in [4.78, 5) is 38.0. The van der Waals surface area contributed by atoms with E-state index in [0.717, 1.165) is 32.2 Å². The second-order valence-electron chi connectivity index (χ2n) is 11.1. The van der Waals surface area contributed by atoms with Gasteiger partial charge in [0.15, 0.2) is 0 Å². The second-order valence-corrected chi connectivity index (χ2v) is 11.1. The van der Waals surface area contributed by atoms with Crippen LogP contribution in [0.25, 0.3) is 0 Å². The summed E-state index contributed by atoms with van der Waals surface area (Å²) in [5.74, 6) is 1.01. The zero-order valence-corrected chi connectivity index (χ0v) is 25.6. The van der Waals surface area contributed by atoms with Gasteiger partial charge in [0, 0.05) is 12.6 Å². The molecule has 3 unspecified atom stereocenters. The molecule has 4 rings (SSSR count). The predicted molar refractivity (Wildman–Crippen MR) is 161 cm³/mol. The van der Waals surface area contributed by atoms with Crippen molar-refractivity contribution in [3.63, 3.8) is 0 Å². The Kier molecular flexibility index (Phi) is 17.4. The van der Waals surface area contributed by atoms with Gasteiger partial charge in [-0.05, 0) is 88.9 Å². The molecule has 3 N–H and O–H groups in total. The first kappa shape index (κ1) is 34.6. The lowest BCUT2D eigenvalue weighted by atomic mass is 9.83. The number of carbonyl (C=O) groups excluding carboxylic acids is 3. The van der Waals surface area contributed by atoms with E-state index in [9.17, 15) is 9.59 Å². The largest absolute Gasteiger partial charge is 0.372 e. The minimum absolute atomic E-state index is 0.0391. The maximum Gasteiger partial charge on any atom is 0.245 e. The first-order valence-corrected chi connectivity index (χ1v) is 15.3. The number of primary amides is 1. The predicted octanol–water partition coefficient (Wildman–Crippen LogP) is 4.95. The molecule has 0 radical (unpaired) electrons. The van der Waals surface area contributed by atoms with Crippen LogP contribution in [0.1, 0.15) is 96.6 Å². The van der Waals surface area contributed by atoms with Crippen molar-refractivity contribution in [2.24, 2.45) is 17.6 Å². The number of likely N-dealkylation sites (N-methyl/N-ethyl adjacent to an activating group) is 1. The molecule has 39 heavy (non-hydrogen) atoms. The van der Waals surface area contributed by atoms with E-state index in [4.69, 9.17) is 4.79 Å². The lowest BCUT2D eigenvalue weighted by molar-refractivity contribution is -0.139. The van der Waals surface area contributed by atoms with Gasteiger partial charge in [-0.15, -0.1) is 0 Å². The number of benzene rings is 1. The molecule has 0 spiro atoms. The Morgan fingerprint density at radius 2 is 1.59 bits per heavy atom. The molecule has 3 aliphatic rings. The highest BCUT2D eigenvalue weighted by Gasteiger charge is 2.39. The fraction of sp³-hybridized carbons (Fsp3) is 0.719. The second kappa shape index (κ2) is 19.6. The lowest BCUT2D eigenvalue weighted by Crippen LogP contribution is -2.54. The molecule has 222 valence electrons. The third kappa shape index (κ3) is 12.1. The number of carbonyl (C=O) groups is 3. The van der Waals surface area contributed by atoms with E-state index in [2.05, 4.69) is 49.2 Å². The van der Waals surface area contributed by atoms with Crippen molar-refractivity contribution in [2.75, 3.05) is 27.2 Å². The van der Waals surface area contributed by atoms with Crippen LogP contribution in [0.2, 0.25) is 0 Å².